The molecule has 5 nitrogen and oxygen atoms in total. The van der Waals surface area contributed by atoms with Crippen LogP contribution in [0.5, 0.6) is 5.75 Å². The fraction of sp³-hybridized carbons (Fsp3) is 0.0556. The molecule has 3 aromatic rings. The predicted octanol–water partition coefficient (Wildman–Crippen LogP) is 4.73. The third-order valence-corrected chi connectivity index (χ3v) is 3.85. The number of allylic oxidation sites excluding steroid dienone is 1. The molecular formula is C18H15ClN4OS. The summed E-state index contributed by atoms with van der Waals surface area (Å²) in [5.41, 5.74) is 1.81. The number of rotatable bonds is 5. The van der Waals surface area contributed by atoms with E-state index in [2.05, 4.69) is 15.3 Å². The van der Waals surface area contributed by atoms with Crippen LogP contribution in [0.2, 0.25) is 0 Å². The molecule has 0 aliphatic heterocycles. The molecule has 0 spiro atoms. The number of aromatic amines is 1. The largest absolute Gasteiger partial charge is 0.497 e. The van der Waals surface area contributed by atoms with Gasteiger partial charge in [0.1, 0.15) is 5.75 Å². The minimum atomic E-state index is 0.373. The van der Waals surface area contributed by atoms with Gasteiger partial charge in [0.15, 0.2) is 5.82 Å². The van der Waals surface area contributed by atoms with Gasteiger partial charge >= 0.3 is 0 Å². The van der Waals surface area contributed by atoms with Gasteiger partial charge in [-0.25, -0.2) is 5.10 Å². The lowest BCUT2D eigenvalue weighted by molar-refractivity contribution is 0.415. The smallest absolute Gasteiger partial charge is 0.216 e. The number of nitrogens with zero attached hydrogens (tertiary/aromatic N) is 3. The molecule has 25 heavy (non-hydrogen) atoms. The van der Waals surface area contributed by atoms with E-state index in [1.165, 1.54) is 10.9 Å². The van der Waals surface area contributed by atoms with Crippen LogP contribution in [0, 0.1) is 4.77 Å². The van der Waals surface area contributed by atoms with Crippen LogP contribution >= 0.6 is 23.8 Å². The molecule has 0 amide bonds. The Morgan fingerprint density at radius 3 is 2.80 bits per heavy atom. The van der Waals surface area contributed by atoms with Crippen LogP contribution in [0.4, 0.5) is 0 Å². The molecule has 1 aromatic heterocycles. The first-order valence-corrected chi connectivity index (χ1v) is 8.24. The van der Waals surface area contributed by atoms with Crippen molar-refractivity contribution in [2.45, 2.75) is 0 Å². The highest BCUT2D eigenvalue weighted by molar-refractivity contribution is 7.71. The minimum absolute atomic E-state index is 0.373. The number of hydrogen-bond donors (Lipinski definition) is 1. The summed E-state index contributed by atoms with van der Waals surface area (Å²) in [5.74, 6) is 1.30. The third kappa shape index (κ3) is 4.23. The molecule has 2 aromatic carbocycles. The molecule has 0 saturated carbocycles. The molecule has 7 heteroatoms. The highest BCUT2D eigenvalue weighted by Gasteiger charge is 2.09. The van der Waals surface area contributed by atoms with Crippen LogP contribution in [0.1, 0.15) is 5.56 Å². The molecule has 0 aliphatic rings. The van der Waals surface area contributed by atoms with Gasteiger partial charge in [-0.05, 0) is 36.0 Å². The van der Waals surface area contributed by atoms with Gasteiger partial charge in [-0.2, -0.15) is 14.9 Å². The number of aromatic nitrogens is 3. The van der Waals surface area contributed by atoms with E-state index in [-0.39, 0.29) is 0 Å². The quantitative estimate of drug-likeness (QED) is 0.521. The van der Waals surface area contributed by atoms with Gasteiger partial charge in [0.2, 0.25) is 4.77 Å². The first kappa shape index (κ1) is 17.1. The molecule has 0 saturated heterocycles. The van der Waals surface area contributed by atoms with E-state index in [0.717, 1.165) is 16.9 Å². The summed E-state index contributed by atoms with van der Waals surface area (Å²) in [6, 6.07) is 17.3. The fourth-order valence-corrected chi connectivity index (χ4v) is 2.56. The second-order valence-electron chi connectivity index (χ2n) is 5.08. The number of nitrogens with one attached hydrogen (secondary N) is 1. The summed E-state index contributed by atoms with van der Waals surface area (Å²) in [6.07, 6.45) is 3.35. The number of halogens is 1. The first-order valence-electron chi connectivity index (χ1n) is 7.46. The second kappa shape index (κ2) is 7.92. The number of H-pyrrole nitrogens is 1. The second-order valence-corrected chi connectivity index (χ2v) is 5.90. The van der Waals surface area contributed by atoms with Gasteiger partial charge in [-0.1, -0.05) is 54.1 Å². The SMILES string of the molecule is COc1cccc(-c2n[nH]c(=S)n2N=CC(Cl)=Cc2ccccc2)c1. The Bertz CT molecular complexity index is 976. The number of ether oxygens (including phenoxy) is 1. The van der Waals surface area contributed by atoms with E-state index in [9.17, 15) is 0 Å². The molecule has 0 atom stereocenters. The molecular weight excluding hydrogens is 356 g/mol. The zero-order valence-electron chi connectivity index (χ0n) is 13.4. The standard InChI is InChI=1S/C18H15ClN4OS/c1-24-16-9-5-8-14(11-16)17-21-22-18(25)23(17)20-12-15(19)10-13-6-3-2-4-7-13/h2-12H,1H3,(H,22,25). The summed E-state index contributed by atoms with van der Waals surface area (Å²) in [6.45, 7) is 0. The van der Waals surface area contributed by atoms with Crippen LogP contribution < -0.4 is 4.74 Å². The summed E-state index contributed by atoms with van der Waals surface area (Å²) < 4.78 is 7.14. The summed E-state index contributed by atoms with van der Waals surface area (Å²) in [7, 11) is 1.61. The summed E-state index contributed by atoms with van der Waals surface area (Å²) in [4.78, 5) is 0. The Balaban J connectivity index is 1.92. The van der Waals surface area contributed by atoms with Crippen LogP contribution in [-0.4, -0.2) is 28.2 Å². The van der Waals surface area contributed by atoms with E-state index in [1.54, 1.807) is 7.11 Å². The van der Waals surface area contributed by atoms with Crippen LogP contribution in [0.25, 0.3) is 17.5 Å². The van der Waals surface area contributed by atoms with Crippen molar-refractivity contribution in [2.24, 2.45) is 5.10 Å². The maximum Gasteiger partial charge on any atom is 0.216 e. The Labute approximate surface area is 155 Å². The molecule has 1 heterocycles. The highest BCUT2D eigenvalue weighted by atomic mass is 35.5. The Hall–Kier alpha value is -2.70. The van der Waals surface area contributed by atoms with Crippen molar-refractivity contribution in [3.05, 3.63) is 70.0 Å². The maximum absolute atomic E-state index is 6.24. The fourth-order valence-electron chi connectivity index (χ4n) is 2.21. The van der Waals surface area contributed by atoms with E-state index < -0.39 is 0 Å². The Morgan fingerprint density at radius 1 is 1.24 bits per heavy atom. The molecule has 0 radical (unpaired) electrons. The lowest BCUT2D eigenvalue weighted by Crippen LogP contribution is -1.95. The van der Waals surface area contributed by atoms with Crippen molar-refractivity contribution >= 4 is 36.1 Å². The lowest BCUT2D eigenvalue weighted by atomic mass is 10.2. The van der Waals surface area contributed by atoms with Gasteiger partial charge in [0, 0.05) is 5.56 Å². The van der Waals surface area contributed by atoms with Gasteiger partial charge in [0.25, 0.3) is 0 Å². The van der Waals surface area contributed by atoms with Gasteiger partial charge in [-0.15, -0.1) is 0 Å². The van der Waals surface area contributed by atoms with Gasteiger partial charge in [-0.3, -0.25) is 0 Å². The van der Waals surface area contributed by atoms with Crippen molar-refractivity contribution < 1.29 is 4.74 Å². The number of methoxy groups -OCH3 is 1. The topological polar surface area (TPSA) is 55.2 Å². The van der Waals surface area contributed by atoms with Gasteiger partial charge < -0.3 is 4.74 Å². The Morgan fingerprint density at radius 2 is 2.04 bits per heavy atom. The van der Waals surface area contributed by atoms with E-state index in [4.69, 9.17) is 28.6 Å². The van der Waals surface area contributed by atoms with Crippen LogP contribution in [0.15, 0.2) is 64.7 Å². The molecule has 1 N–H and O–H groups in total. The van der Waals surface area contributed by atoms with Crippen molar-refractivity contribution in [3.63, 3.8) is 0 Å². The average molecular weight is 371 g/mol. The van der Waals surface area contributed by atoms with Crippen molar-refractivity contribution in [3.8, 4) is 17.1 Å². The van der Waals surface area contributed by atoms with E-state index in [0.29, 0.717) is 15.6 Å². The molecule has 0 bridgehead atoms. The normalized spacial score (nSPS) is 11.8. The first-order chi connectivity index (χ1) is 12.2. The molecule has 0 fully saturated rings. The Kier molecular flexibility index (Phi) is 5.42. The van der Waals surface area contributed by atoms with Crippen molar-refractivity contribution in [1.82, 2.24) is 14.9 Å². The monoisotopic (exact) mass is 370 g/mol. The third-order valence-electron chi connectivity index (χ3n) is 3.38. The highest BCUT2D eigenvalue weighted by Crippen LogP contribution is 2.22. The molecule has 0 unspecified atom stereocenters. The molecule has 126 valence electrons. The zero-order valence-corrected chi connectivity index (χ0v) is 15.0. The minimum Gasteiger partial charge on any atom is -0.497 e. The van der Waals surface area contributed by atoms with Crippen molar-refractivity contribution in [1.29, 1.82) is 0 Å². The average Bonchev–Trinajstić information content (AvgIpc) is 3.01. The van der Waals surface area contributed by atoms with Crippen LogP contribution in [-0.2, 0) is 0 Å². The van der Waals surface area contributed by atoms with Gasteiger partial charge in [0.05, 0.1) is 18.4 Å². The maximum atomic E-state index is 6.24. The van der Waals surface area contributed by atoms with Crippen LogP contribution in [0.3, 0.4) is 0 Å². The molecule has 0 aliphatic carbocycles. The predicted molar refractivity (Wildman–Crippen MR) is 104 cm³/mol. The zero-order chi connectivity index (χ0) is 17.6. The number of benzene rings is 2. The van der Waals surface area contributed by atoms with E-state index in [1.807, 2.05) is 60.7 Å². The molecule has 3 rings (SSSR count). The van der Waals surface area contributed by atoms with E-state index >= 15 is 0 Å². The van der Waals surface area contributed by atoms with Crippen molar-refractivity contribution in [2.75, 3.05) is 7.11 Å². The summed E-state index contributed by atoms with van der Waals surface area (Å²) in [5, 5.41) is 11.8. The summed E-state index contributed by atoms with van der Waals surface area (Å²) >= 11 is 11.5. The number of hydrogen-bond acceptors (Lipinski definition) is 4. The lowest BCUT2D eigenvalue weighted by Gasteiger charge is -2.03.